The Hall–Kier alpha value is -2.09. The maximum Gasteiger partial charge on any atom is 0.119 e. The molecule has 1 saturated carbocycles. The van der Waals surface area contributed by atoms with Crippen LogP contribution in [0.2, 0.25) is 0 Å². The van der Waals surface area contributed by atoms with Gasteiger partial charge in [0.25, 0.3) is 0 Å². The van der Waals surface area contributed by atoms with Gasteiger partial charge in [-0.3, -0.25) is 4.98 Å². The predicted molar refractivity (Wildman–Crippen MR) is 160 cm³/mol. The monoisotopic (exact) mass is 503 g/mol. The van der Waals surface area contributed by atoms with Crippen molar-refractivity contribution in [2.75, 3.05) is 6.61 Å². The minimum Gasteiger partial charge on any atom is -0.490 e. The molecule has 204 valence electrons. The molecule has 1 aromatic carbocycles. The zero-order chi connectivity index (χ0) is 26.0. The van der Waals surface area contributed by atoms with Gasteiger partial charge in [-0.15, -0.1) is 0 Å². The second kappa shape index (κ2) is 18.2. The molecule has 0 saturated heterocycles. The van der Waals surface area contributed by atoms with E-state index in [1.54, 1.807) is 0 Å². The third-order valence-electron chi connectivity index (χ3n) is 8.16. The van der Waals surface area contributed by atoms with Crippen molar-refractivity contribution in [2.24, 2.45) is 11.8 Å². The summed E-state index contributed by atoms with van der Waals surface area (Å²) in [5.41, 5.74) is 3.54. The van der Waals surface area contributed by atoms with Crippen LogP contribution in [0.4, 0.5) is 0 Å². The highest BCUT2D eigenvalue weighted by Gasteiger charge is 2.18. The summed E-state index contributed by atoms with van der Waals surface area (Å²) < 4.78 is 5.98. The maximum absolute atomic E-state index is 5.98. The molecule has 0 unspecified atom stereocenters. The Morgan fingerprint density at radius 1 is 0.757 bits per heavy atom. The first-order chi connectivity index (χ1) is 18.3. The molecule has 2 heteroatoms. The normalized spacial score (nSPS) is 17.9. The van der Waals surface area contributed by atoms with E-state index in [0.717, 1.165) is 35.3 Å². The number of nitrogens with zero attached hydrogens (tertiary/aromatic N) is 1. The summed E-state index contributed by atoms with van der Waals surface area (Å²) >= 11 is 0. The Bertz CT molecular complexity index is 846. The van der Waals surface area contributed by atoms with Gasteiger partial charge in [-0.1, -0.05) is 103 Å². The molecule has 0 amide bonds. The van der Waals surface area contributed by atoms with Crippen molar-refractivity contribution in [3.05, 3.63) is 60.3 Å². The average molecular weight is 504 g/mol. The molecule has 0 spiro atoms. The fourth-order valence-electron chi connectivity index (χ4n) is 5.67. The van der Waals surface area contributed by atoms with Gasteiger partial charge in [0.1, 0.15) is 12.4 Å². The lowest BCUT2D eigenvalue weighted by atomic mass is 9.79. The highest BCUT2D eigenvalue weighted by molar-refractivity contribution is 5.60. The number of aromatic nitrogens is 1. The third-order valence-corrected chi connectivity index (χ3v) is 8.16. The molecule has 1 aliphatic rings. The van der Waals surface area contributed by atoms with Crippen molar-refractivity contribution >= 4 is 0 Å². The van der Waals surface area contributed by atoms with E-state index in [4.69, 9.17) is 9.72 Å². The molecule has 1 aromatic heterocycles. The first-order valence-corrected chi connectivity index (χ1v) is 15.6. The van der Waals surface area contributed by atoms with Crippen molar-refractivity contribution in [1.82, 2.24) is 4.98 Å². The van der Waals surface area contributed by atoms with Crippen LogP contribution >= 0.6 is 0 Å². The Balaban J connectivity index is 1.30. The molecule has 2 nitrogen and oxygen atoms in total. The zero-order valence-electron chi connectivity index (χ0n) is 23.9. The van der Waals surface area contributed by atoms with Crippen LogP contribution in [0.25, 0.3) is 11.3 Å². The number of unbranched alkanes of at least 4 members (excludes halogenated alkanes) is 9. The molecule has 0 bridgehead atoms. The molecule has 0 aliphatic heterocycles. The molecule has 0 N–H and O–H groups in total. The van der Waals surface area contributed by atoms with E-state index in [1.807, 2.05) is 0 Å². The summed E-state index contributed by atoms with van der Waals surface area (Å²) in [6.45, 7) is 5.23. The van der Waals surface area contributed by atoms with Crippen molar-refractivity contribution < 1.29 is 4.74 Å². The molecule has 1 fully saturated rings. The van der Waals surface area contributed by atoms with Gasteiger partial charge in [0, 0.05) is 11.8 Å². The smallest absolute Gasteiger partial charge is 0.119 e. The predicted octanol–water partition coefficient (Wildman–Crippen LogP) is 10.8. The van der Waals surface area contributed by atoms with Gasteiger partial charge in [0.05, 0.1) is 5.69 Å². The van der Waals surface area contributed by atoms with Gasteiger partial charge >= 0.3 is 0 Å². The number of rotatable bonds is 18. The third kappa shape index (κ3) is 11.9. The molecule has 0 radical (unpaired) electrons. The number of hydrogen-bond donors (Lipinski definition) is 0. The van der Waals surface area contributed by atoms with E-state index in [1.165, 1.54) is 108 Å². The summed E-state index contributed by atoms with van der Waals surface area (Å²) in [5, 5.41) is 0. The van der Waals surface area contributed by atoms with Crippen molar-refractivity contribution in [3.8, 4) is 17.0 Å². The van der Waals surface area contributed by atoms with Crippen LogP contribution in [0.5, 0.6) is 5.75 Å². The lowest BCUT2D eigenvalue weighted by molar-refractivity contribution is 0.288. The van der Waals surface area contributed by atoms with Crippen LogP contribution in [0, 0.1) is 11.8 Å². The number of benzene rings is 1. The largest absolute Gasteiger partial charge is 0.490 e. The fourth-order valence-corrected chi connectivity index (χ4v) is 5.67. The first-order valence-electron chi connectivity index (χ1n) is 15.6. The molecular formula is C35H53NO. The van der Waals surface area contributed by atoms with Crippen LogP contribution < -0.4 is 4.74 Å². The molecule has 1 heterocycles. The van der Waals surface area contributed by atoms with Crippen molar-refractivity contribution in [3.63, 3.8) is 0 Å². The number of pyridine rings is 1. The number of aryl methyl sites for hydroxylation is 1. The Morgan fingerprint density at radius 2 is 1.43 bits per heavy atom. The van der Waals surface area contributed by atoms with Crippen LogP contribution in [0.1, 0.15) is 122 Å². The van der Waals surface area contributed by atoms with E-state index in [9.17, 15) is 0 Å². The summed E-state index contributed by atoms with van der Waals surface area (Å²) in [5.74, 6) is 2.66. The highest BCUT2D eigenvalue weighted by atomic mass is 16.5. The van der Waals surface area contributed by atoms with Gasteiger partial charge < -0.3 is 4.74 Å². The lowest BCUT2D eigenvalue weighted by Crippen LogP contribution is -2.13. The van der Waals surface area contributed by atoms with E-state index in [-0.39, 0.29) is 0 Å². The topological polar surface area (TPSA) is 22.1 Å². The molecular weight excluding hydrogens is 450 g/mol. The van der Waals surface area contributed by atoms with E-state index in [2.05, 4.69) is 68.6 Å². The molecule has 2 aromatic rings. The minimum absolute atomic E-state index is 0.654. The van der Waals surface area contributed by atoms with E-state index in [0.29, 0.717) is 6.61 Å². The Labute approximate surface area is 228 Å². The van der Waals surface area contributed by atoms with Crippen LogP contribution in [-0.4, -0.2) is 11.6 Å². The van der Waals surface area contributed by atoms with Gasteiger partial charge in [-0.25, -0.2) is 0 Å². The summed E-state index contributed by atoms with van der Waals surface area (Å²) in [7, 11) is 0. The number of allylic oxidation sites excluding steroid dienone is 1. The Kier molecular flexibility index (Phi) is 14.5. The van der Waals surface area contributed by atoms with E-state index < -0.39 is 0 Å². The quantitative estimate of drug-likeness (QED) is 0.149. The van der Waals surface area contributed by atoms with Gasteiger partial charge in [-0.05, 0) is 86.3 Å². The van der Waals surface area contributed by atoms with Crippen LogP contribution in [0.3, 0.4) is 0 Å². The summed E-state index contributed by atoms with van der Waals surface area (Å²) in [6.07, 6.45) is 29.9. The maximum atomic E-state index is 5.98. The second-order valence-corrected chi connectivity index (χ2v) is 11.3. The molecule has 0 atom stereocenters. The summed E-state index contributed by atoms with van der Waals surface area (Å²) in [6, 6.07) is 12.8. The zero-order valence-corrected chi connectivity index (χ0v) is 23.9. The standard InChI is InChI=1S/C35H53NO/c1-3-5-7-8-9-10-11-13-16-32-22-27-35(36-29-32)33-23-25-34(26-24-33)37-28-14-17-31-20-18-30(19-21-31)15-12-6-4-2/h14,17,22-27,29-31H,3-13,15-16,18-21,28H2,1-2H3. The van der Waals surface area contributed by atoms with Gasteiger partial charge in [0.2, 0.25) is 0 Å². The SMILES string of the molecule is CCCCCCCCCCc1ccc(-c2ccc(OCC=CC3CCC(CCCCC)CC3)cc2)nc1. The first kappa shape index (κ1) is 29.5. The second-order valence-electron chi connectivity index (χ2n) is 11.3. The lowest BCUT2D eigenvalue weighted by Gasteiger charge is -2.26. The summed E-state index contributed by atoms with van der Waals surface area (Å²) in [4.78, 5) is 4.73. The fraction of sp³-hybridized carbons (Fsp3) is 0.629. The van der Waals surface area contributed by atoms with Crippen LogP contribution in [0.15, 0.2) is 54.7 Å². The minimum atomic E-state index is 0.654. The molecule has 37 heavy (non-hydrogen) atoms. The van der Waals surface area contributed by atoms with Crippen LogP contribution in [-0.2, 0) is 6.42 Å². The van der Waals surface area contributed by atoms with Gasteiger partial charge in [0.15, 0.2) is 0 Å². The molecule has 1 aliphatic carbocycles. The number of hydrogen-bond acceptors (Lipinski definition) is 2. The van der Waals surface area contributed by atoms with Gasteiger partial charge in [-0.2, -0.15) is 0 Å². The van der Waals surface area contributed by atoms with Crippen molar-refractivity contribution in [1.29, 1.82) is 0 Å². The van der Waals surface area contributed by atoms with E-state index >= 15 is 0 Å². The Morgan fingerprint density at radius 3 is 2.11 bits per heavy atom. The number of ether oxygens (including phenoxy) is 1. The molecule has 3 rings (SSSR count). The average Bonchev–Trinajstić information content (AvgIpc) is 2.94. The van der Waals surface area contributed by atoms with Crippen molar-refractivity contribution in [2.45, 2.75) is 123 Å². The highest BCUT2D eigenvalue weighted by Crippen LogP contribution is 2.32.